The Hall–Kier alpha value is -1.06. The molecule has 90 valence electrons. The van der Waals surface area contributed by atoms with Crippen LogP contribution in [0.1, 0.15) is 12.2 Å². The van der Waals surface area contributed by atoms with E-state index in [0.717, 1.165) is 15.7 Å². The Kier molecular flexibility index (Phi) is 2.81. The van der Waals surface area contributed by atoms with Crippen LogP contribution in [-0.2, 0) is 4.79 Å². The van der Waals surface area contributed by atoms with Gasteiger partial charge in [0.05, 0.1) is 16.0 Å². The number of aromatic nitrogens is 4. The first kappa shape index (κ1) is 11.1. The summed E-state index contributed by atoms with van der Waals surface area (Å²) in [6.45, 7) is 0.604. The number of nitrogens with two attached hydrogens (primary N) is 1. The number of H-pyrrole nitrogens is 1. The van der Waals surface area contributed by atoms with Gasteiger partial charge in [0, 0.05) is 12.3 Å². The molecule has 9 heteroatoms. The predicted molar refractivity (Wildman–Crippen MR) is 65.5 cm³/mol. The highest BCUT2D eigenvalue weighted by Gasteiger charge is 2.47. The first-order chi connectivity index (χ1) is 8.31. The number of rotatable bonds is 4. The van der Waals surface area contributed by atoms with Gasteiger partial charge in [-0.2, -0.15) is 5.21 Å². The normalized spacial score (nSPS) is 23.0. The number of tetrazole rings is 1. The van der Waals surface area contributed by atoms with Crippen molar-refractivity contribution in [2.75, 3.05) is 12.3 Å². The number of carbonyl (C=O) groups is 1. The molecule has 0 bridgehead atoms. The topological polar surface area (TPSA) is 101 Å². The lowest BCUT2D eigenvalue weighted by Crippen LogP contribution is -2.46. The number of hydrogen-bond acceptors (Lipinski definition) is 7. The van der Waals surface area contributed by atoms with Crippen LogP contribution >= 0.6 is 23.5 Å². The van der Waals surface area contributed by atoms with Crippen molar-refractivity contribution < 1.29 is 4.79 Å². The number of aromatic amines is 1. The molecule has 1 saturated heterocycles. The van der Waals surface area contributed by atoms with Crippen LogP contribution in [0.3, 0.4) is 0 Å². The molecule has 3 rings (SSSR count). The summed E-state index contributed by atoms with van der Waals surface area (Å²) in [5.74, 6) is 1.41. The SMILES string of the molecule is NCCSC1=C(c2nn[nH]n2)N2C(=O)C[C@H]2S1. The minimum absolute atomic E-state index is 0.116. The molecular weight excluding hydrogens is 260 g/mol. The zero-order valence-corrected chi connectivity index (χ0v) is 10.4. The molecule has 3 heterocycles. The second-order valence-corrected chi connectivity index (χ2v) is 6.10. The summed E-state index contributed by atoms with van der Waals surface area (Å²) in [5, 5.41) is 14.1. The second kappa shape index (κ2) is 4.31. The molecule has 3 N–H and O–H groups in total. The predicted octanol–water partition coefficient (Wildman–Crippen LogP) is -0.177. The molecule has 0 radical (unpaired) electrons. The molecule has 17 heavy (non-hydrogen) atoms. The largest absolute Gasteiger partial charge is 0.330 e. The van der Waals surface area contributed by atoms with Gasteiger partial charge in [-0.25, -0.2) is 0 Å². The van der Waals surface area contributed by atoms with Crippen molar-refractivity contribution in [3.8, 4) is 0 Å². The molecule has 1 amide bonds. The number of thioether (sulfide) groups is 2. The summed E-state index contributed by atoms with van der Waals surface area (Å²) in [6.07, 6.45) is 0.582. The fourth-order valence-electron chi connectivity index (χ4n) is 1.74. The lowest BCUT2D eigenvalue weighted by molar-refractivity contribution is -0.136. The van der Waals surface area contributed by atoms with E-state index in [1.54, 1.807) is 28.4 Å². The third-order valence-corrected chi connectivity index (χ3v) is 5.09. The Balaban J connectivity index is 1.93. The Morgan fingerprint density at radius 1 is 1.65 bits per heavy atom. The van der Waals surface area contributed by atoms with Crippen LogP contribution in [0.2, 0.25) is 0 Å². The quantitative estimate of drug-likeness (QED) is 0.732. The van der Waals surface area contributed by atoms with E-state index in [-0.39, 0.29) is 11.3 Å². The third kappa shape index (κ3) is 1.74. The van der Waals surface area contributed by atoms with Crippen LogP contribution in [0.15, 0.2) is 4.24 Å². The molecule has 0 unspecified atom stereocenters. The van der Waals surface area contributed by atoms with Crippen molar-refractivity contribution in [3.05, 3.63) is 10.1 Å². The van der Waals surface area contributed by atoms with Crippen LogP contribution < -0.4 is 5.73 Å². The van der Waals surface area contributed by atoms with Gasteiger partial charge in [-0.15, -0.1) is 22.0 Å². The number of hydrogen-bond donors (Lipinski definition) is 2. The molecule has 0 saturated carbocycles. The van der Waals surface area contributed by atoms with Gasteiger partial charge in [-0.05, 0) is 5.21 Å². The molecule has 1 aromatic heterocycles. The molecule has 2 aliphatic heterocycles. The minimum atomic E-state index is 0.116. The van der Waals surface area contributed by atoms with Crippen LogP contribution in [0, 0.1) is 0 Å². The fraction of sp³-hybridized carbons (Fsp3) is 0.500. The van der Waals surface area contributed by atoms with E-state index in [2.05, 4.69) is 20.6 Å². The van der Waals surface area contributed by atoms with Gasteiger partial charge in [0.15, 0.2) is 0 Å². The van der Waals surface area contributed by atoms with Crippen molar-refractivity contribution in [1.29, 1.82) is 0 Å². The molecule has 1 aromatic rings. The molecule has 1 atom stereocenters. The highest BCUT2D eigenvalue weighted by Crippen LogP contribution is 2.52. The molecular formula is C8H10N6OS2. The van der Waals surface area contributed by atoms with E-state index in [4.69, 9.17) is 5.73 Å². The standard InChI is InChI=1S/C8H10N6OS2/c9-1-2-16-8-6(7-10-12-13-11-7)14-4(15)3-5(14)17-8/h5H,1-3,9H2,(H,10,11,12,13)/t5-/m1/s1. The van der Waals surface area contributed by atoms with Gasteiger partial charge in [-0.3, -0.25) is 9.69 Å². The average molecular weight is 270 g/mol. The van der Waals surface area contributed by atoms with Gasteiger partial charge in [0.25, 0.3) is 0 Å². The molecule has 1 fully saturated rings. The van der Waals surface area contributed by atoms with Gasteiger partial charge >= 0.3 is 0 Å². The molecule has 0 aliphatic carbocycles. The second-order valence-electron chi connectivity index (χ2n) is 3.55. The summed E-state index contributed by atoms with van der Waals surface area (Å²) in [6, 6.07) is 0. The van der Waals surface area contributed by atoms with Crippen molar-refractivity contribution >= 4 is 35.1 Å². The van der Waals surface area contributed by atoms with Crippen molar-refractivity contribution in [2.45, 2.75) is 11.8 Å². The first-order valence-corrected chi connectivity index (χ1v) is 6.97. The van der Waals surface area contributed by atoms with Crippen molar-refractivity contribution in [1.82, 2.24) is 25.5 Å². The maximum atomic E-state index is 11.6. The van der Waals surface area contributed by atoms with Gasteiger partial charge < -0.3 is 5.73 Å². The summed E-state index contributed by atoms with van der Waals surface area (Å²) >= 11 is 3.32. The number of nitrogens with zero attached hydrogens (tertiary/aromatic N) is 4. The Morgan fingerprint density at radius 3 is 3.18 bits per heavy atom. The van der Waals surface area contributed by atoms with E-state index in [0.29, 0.717) is 18.8 Å². The van der Waals surface area contributed by atoms with E-state index in [1.807, 2.05) is 0 Å². The zero-order valence-electron chi connectivity index (χ0n) is 8.79. The van der Waals surface area contributed by atoms with Crippen molar-refractivity contribution in [2.24, 2.45) is 5.73 Å². The highest BCUT2D eigenvalue weighted by atomic mass is 32.2. The first-order valence-electron chi connectivity index (χ1n) is 5.11. The Bertz CT molecular complexity index is 472. The van der Waals surface area contributed by atoms with Crippen LogP contribution in [0.4, 0.5) is 0 Å². The van der Waals surface area contributed by atoms with E-state index >= 15 is 0 Å². The van der Waals surface area contributed by atoms with Crippen molar-refractivity contribution in [3.63, 3.8) is 0 Å². The van der Waals surface area contributed by atoms with Crippen LogP contribution in [0.5, 0.6) is 0 Å². The van der Waals surface area contributed by atoms with E-state index in [1.165, 1.54) is 0 Å². The summed E-state index contributed by atoms with van der Waals surface area (Å²) in [5.41, 5.74) is 6.28. The summed E-state index contributed by atoms with van der Waals surface area (Å²) in [7, 11) is 0. The fourth-order valence-corrected chi connectivity index (χ4v) is 4.33. The Morgan fingerprint density at radius 2 is 2.53 bits per heavy atom. The minimum Gasteiger partial charge on any atom is -0.330 e. The highest BCUT2D eigenvalue weighted by molar-refractivity contribution is 8.23. The van der Waals surface area contributed by atoms with Gasteiger partial charge in [-0.1, -0.05) is 11.8 Å². The molecule has 7 nitrogen and oxygen atoms in total. The number of β-lactam (4-membered cyclic amide) rings is 1. The number of nitrogens with one attached hydrogen (secondary N) is 1. The zero-order chi connectivity index (χ0) is 11.8. The summed E-state index contributed by atoms with van der Waals surface area (Å²) in [4.78, 5) is 13.3. The maximum Gasteiger partial charge on any atom is 0.231 e. The average Bonchev–Trinajstić information content (AvgIpc) is 2.91. The third-order valence-electron chi connectivity index (χ3n) is 2.49. The number of fused-ring (bicyclic) bond motifs is 1. The Labute approximate surface area is 106 Å². The molecule has 0 spiro atoms. The van der Waals surface area contributed by atoms with Gasteiger partial charge in [0.2, 0.25) is 11.7 Å². The number of carbonyl (C=O) groups excluding carboxylic acids is 1. The lowest BCUT2D eigenvalue weighted by Gasteiger charge is -2.34. The smallest absolute Gasteiger partial charge is 0.231 e. The number of amides is 1. The summed E-state index contributed by atoms with van der Waals surface area (Å²) < 4.78 is 1.06. The molecule has 2 aliphatic rings. The lowest BCUT2D eigenvalue weighted by atomic mass is 10.2. The van der Waals surface area contributed by atoms with Crippen LogP contribution in [0.25, 0.3) is 5.70 Å². The molecule has 0 aromatic carbocycles. The monoisotopic (exact) mass is 270 g/mol. The van der Waals surface area contributed by atoms with E-state index < -0.39 is 0 Å². The van der Waals surface area contributed by atoms with E-state index in [9.17, 15) is 4.79 Å². The van der Waals surface area contributed by atoms with Gasteiger partial charge in [0.1, 0.15) is 5.70 Å². The maximum absolute atomic E-state index is 11.6. The van der Waals surface area contributed by atoms with Crippen LogP contribution in [-0.4, -0.2) is 49.1 Å².